The summed E-state index contributed by atoms with van der Waals surface area (Å²) in [6.07, 6.45) is 1.92. The molecule has 0 aromatic heterocycles. The molecule has 0 radical (unpaired) electrons. The summed E-state index contributed by atoms with van der Waals surface area (Å²) in [6.45, 7) is 6.65. The van der Waals surface area contributed by atoms with Gasteiger partial charge in [0.2, 0.25) is 0 Å². The number of rotatable bonds is 8. The van der Waals surface area contributed by atoms with Gasteiger partial charge in [-0.2, -0.15) is 0 Å². The van der Waals surface area contributed by atoms with Crippen LogP contribution in [0.1, 0.15) is 44.0 Å². The summed E-state index contributed by atoms with van der Waals surface area (Å²) in [5, 5.41) is 5.92. The number of hydrogen-bond donors (Lipinski definition) is 2. The highest BCUT2D eigenvalue weighted by Crippen LogP contribution is 2.20. The number of hydrogen-bond acceptors (Lipinski definition) is 4. The summed E-state index contributed by atoms with van der Waals surface area (Å²) >= 11 is 5.27. The number of carbonyl (C=O) groups is 1. The second-order valence-electron chi connectivity index (χ2n) is 6.12. The maximum absolute atomic E-state index is 12.5. The van der Waals surface area contributed by atoms with Crippen molar-refractivity contribution in [3.05, 3.63) is 54.1 Å². The molecule has 0 aliphatic heterocycles. The molecule has 1 unspecified atom stereocenters. The van der Waals surface area contributed by atoms with E-state index in [0.717, 1.165) is 24.3 Å². The Hall–Kier alpha value is -2.60. The molecule has 2 N–H and O–H groups in total. The van der Waals surface area contributed by atoms with Gasteiger partial charge in [0.05, 0.1) is 18.3 Å². The van der Waals surface area contributed by atoms with E-state index in [1.165, 1.54) is 0 Å². The van der Waals surface area contributed by atoms with Crippen molar-refractivity contribution >= 4 is 28.9 Å². The van der Waals surface area contributed by atoms with E-state index in [2.05, 4.69) is 17.6 Å². The van der Waals surface area contributed by atoms with Crippen molar-refractivity contribution in [2.24, 2.45) is 0 Å². The minimum absolute atomic E-state index is 0.131. The van der Waals surface area contributed by atoms with Gasteiger partial charge in [0.25, 0.3) is 5.91 Å². The van der Waals surface area contributed by atoms with Gasteiger partial charge >= 0.3 is 0 Å². The fraction of sp³-hybridized carbons (Fsp3) is 0.333. The molecule has 27 heavy (non-hydrogen) atoms. The molecular formula is C21H26N2O3S. The highest BCUT2D eigenvalue weighted by molar-refractivity contribution is 7.80. The summed E-state index contributed by atoms with van der Waals surface area (Å²) in [5.41, 5.74) is 1.19. The summed E-state index contributed by atoms with van der Waals surface area (Å²) in [6, 6.07) is 14.6. The maximum atomic E-state index is 12.5. The Balaban J connectivity index is 2.00. The molecule has 1 amide bonds. The second-order valence-corrected chi connectivity index (χ2v) is 6.53. The minimum atomic E-state index is -0.314. The molecule has 0 aliphatic carbocycles. The highest BCUT2D eigenvalue weighted by atomic mass is 32.1. The zero-order valence-electron chi connectivity index (χ0n) is 16.0. The Bertz CT molecular complexity index is 780. The number of thiocarbonyl (C=S) groups is 1. The van der Waals surface area contributed by atoms with Gasteiger partial charge in [0.1, 0.15) is 11.5 Å². The van der Waals surface area contributed by atoms with Crippen molar-refractivity contribution in [3.8, 4) is 11.5 Å². The van der Waals surface area contributed by atoms with Gasteiger partial charge in [-0.05, 0) is 56.2 Å². The lowest BCUT2D eigenvalue weighted by molar-refractivity contribution is 0.0973. The largest absolute Gasteiger partial charge is 0.493 e. The van der Waals surface area contributed by atoms with Gasteiger partial charge in [-0.1, -0.05) is 32.0 Å². The third-order valence-electron chi connectivity index (χ3n) is 3.82. The first-order valence-corrected chi connectivity index (χ1v) is 9.55. The molecule has 0 saturated heterocycles. The molecule has 5 nitrogen and oxygen atoms in total. The zero-order chi connectivity index (χ0) is 19.6. The fourth-order valence-corrected chi connectivity index (χ4v) is 2.50. The van der Waals surface area contributed by atoms with Crippen LogP contribution in [0.3, 0.4) is 0 Å². The van der Waals surface area contributed by atoms with Gasteiger partial charge in [-0.15, -0.1) is 0 Å². The Morgan fingerprint density at radius 1 is 1.15 bits per heavy atom. The minimum Gasteiger partial charge on any atom is -0.493 e. The van der Waals surface area contributed by atoms with Crippen molar-refractivity contribution in [1.29, 1.82) is 0 Å². The lowest BCUT2D eigenvalue weighted by Crippen LogP contribution is -2.34. The average molecular weight is 387 g/mol. The molecule has 6 heteroatoms. The van der Waals surface area contributed by atoms with Crippen LogP contribution in [0.4, 0.5) is 5.69 Å². The van der Waals surface area contributed by atoms with Gasteiger partial charge in [0.15, 0.2) is 5.11 Å². The lowest BCUT2D eigenvalue weighted by atomic mass is 10.2. The first kappa shape index (κ1) is 20.7. The van der Waals surface area contributed by atoms with Crippen LogP contribution in [0.25, 0.3) is 0 Å². The highest BCUT2D eigenvalue weighted by Gasteiger charge is 2.13. The van der Waals surface area contributed by atoms with Crippen LogP contribution >= 0.6 is 12.2 Å². The van der Waals surface area contributed by atoms with E-state index < -0.39 is 0 Å². The second kappa shape index (κ2) is 10.5. The monoisotopic (exact) mass is 386 g/mol. The fourth-order valence-electron chi connectivity index (χ4n) is 2.29. The smallest absolute Gasteiger partial charge is 0.261 e. The Labute approximate surface area is 166 Å². The zero-order valence-corrected chi connectivity index (χ0v) is 16.8. The van der Waals surface area contributed by atoms with Crippen LogP contribution in [-0.4, -0.2) is 23.7 Å². The number of amides is 1. The molecule has 0 fully saturated rings. The van der Waals surface area contributed by atoms with Gasteiger partial charge < -0.3 is 14.8 Å². The summed E-state index contributed by atoms with van der Waals surface area (Å²) in [4.78, 5) is 12.5. The summed E-state index contributed by atoms with van der Waals surface area (Å²) in [7, 11) is 0. The van der Waals surface area contributed by atoms with Crippen LogP contribution in [0.5, 0.6) is 11.5 Å². The van der Waals surface area contributed by atoms with Crippen LogP contribution in [0, 0.1) is 0 Å². The van der Waals surface area contributed by atoms with E-state index in [1.54, 1.807) is 18.2 Å². The molecule has 144 valence electrons. The molecular weight excluding hydrogens is 360 g/mol. The van der Waals surface area contributed by atoms with Crippen LogP contribution in [0.15, 0.2) is 48.5 Å². The number of para-hydroxylation sites is 1. The number of ether oxygens (including phenoxy) is 2. The first-order valence-electron chi connectivity index (χ1n) is 9.14. The van der Waals surface area contributed by atoms with Crippen molar-refractivity contribution in [3.63, 3.8) is 0 Å². The molecule has 0 bridgehead atoms. The molecule has 0 aliphatic rings. The molecule has 2 rings (SSSR count). The molecule has 0 spiro atoms. The van der Waals surface area contributed by atoms with Crippen LogP contribution < -0.4 is 20.1 Å². The predicted octanol–water partition coefficient (Wildman–Crippen LogP) is 4.78. The Morgan fingerprint density at radius 2 is 1.93 bits per heavy atom. The van der Waals surface area contributed by atoms with Gasteiger partial charge in [0, 0.05) is 11.8 Å². The number of nitrogens with one attached hydrogen (secondary N) is 2. The van der Waals surface area contributed by atoms with Crippen LogP contribution in [0.2, 0.25) is 0 Å². The van der Waals surface area contributed by atoms with Crippen molar-refractivity contribution in [2.75, 3.05) is 11.9 Å². The molecule has 0 saturated carbocycles. The van der Waals surface area contributed by atoms with E-state index in [9.17, 15) is 4.79 Å². The molecule has 2 aromatic rings. The topological polar surface area (TPSA) is 59.6 Å². The number of benzene rings is 2. The van der Waals surface area contributed by atoms with Crippen molar-refractivity contribution in [1.82, 2.24) is 5.32 Å². The SMILES string of the molecule is CCCOc1ccccc1C(=O)NC(=S)Nc1cccc(OC(C)CC)c1. The van der Waals surface area contributed by atoms with E-state index in [0.29, 0.717) is 17.9 Å². The summed E-state index contributed by atoms with van der Waals surface area (Å²) in [5.74, 6) is 0.983. The van der Waals surface area contributed by atoms with Crippen molar-refractivity contribution in [2.45, 2.75) is 39.7 Å². The molecule has 2 aromatic carbocycles. The van der Waals surface area contributed by atoms with E-state index >= 15 is 0 Å². The van der Waals surface area contributed by atoms with E-state index in [-0.39, 0.29) is 17.1 Å². The predicted molar refractivity (Wildman–Crippen MR) is 113 cm³/mol. The standard InChI is InChI=1S/C21H26N2O3S/c1-4-13-25-19-12-7-6-11-18(19)20(24)23-21(27)22-16-9-8-10-17(14-16)26-15(3)5-2/h6-12,14-15H,4-5,13H2,1-3H3,(H2,22,23,24,27). The molecule has 0 heterocycles. The quantitative estimate of drug-likeness (QED) is 0.640. The first-order chi connectivity index (χ1) is 13.0. The average Bonchev–Trinajstić information content (AvgIpc) is 2.66. The van der Waals surface area contributed by atoms with Gasteiger partial charge in [-0.25, -0.2) is 0 Å². The van der Waals surface area contributed by atoms with Crippen LogP contribution in [-0.2, 0) is 0 Å². The maximum Gasteiger partial charge on any atom is 0.261 e. The lowest BCUT2D eigenvalue weighted by Gasteiger charge is -2.15. The number of carbonyl (C=O) groups excluding carboxylic acids is 1. The Morgan fingerprint density at radius 3 is 2.67 bits per heavy atom. The van der Waals surface area contributed by atoms with Gasteiger partial charge in [-0.3, -0.25) is 10.1 Å². The Kier molecular flexibility index (Phi) is 8.07. The normalized spacial score (nSPS) is 11.4. The van der Waals surface area contributed by atoms with E-state index in [1.807, 2.05) is 44.2 Å². The molecule has 1 atom stereocenters. The number of anilines is 1. The van der Waals surface area contributed by atoms with Crippen molar-refractivity contribution < 1.29 is 14.3 Å². The summed E-state index contributed by atoms with van der Waals surface area (Å²) < 4.78 is 11.4. The third kappa shape index (κ3) is 6.57. The van der Waals surface area contributed by atoms with E-state index in [4.69, 9.17) is 21.7 Å². The third-order valence-corrected chi connectivity index (χ3v) is 4.03.